The van der Waals surface area contributed by atoms with Gasteiger partial charge in [-0.1, -0.05) is 18.2 Å². The van der Waals surface area contributed by atoms with Gasteiger partial charge in [0, 0.05) is 23.4 Å². The molecule has 5 nitrogen and oxygen atoms in total. The number of ether oxygens (including phenoxy) is 1. The lowest BCUT2D eigenvalue weighted by Gasteiger charge is -2.08. The molecule has 0 atom stereocenters. The van der Waals surface area contributed by atoms with Gasteiger partial charge in [-0.3, -0.25) is 9.59 Å². The van der Waals surface area contributed by atoms with Crippen molar-refractivity contribution in [1.29, 1.82) is 0 Å². The monoisotopic (exact) mass is 392 g/mol. The lowest BCUT2D eigenvalue weighted by atomic mass is 10.1. The van der Waals surface area contributed by atoms with Crippen molar-refractivity contribution in [3.63, 3.8) is 0 Å². The number of benzene rings is 3. The van der Waals surface area contributed by atoms with Crippen LogP contribution in [0, 0.1) is 5.82 Å². The van der Waals surface area contributed by atoms with E-state index in [1.54, 1.807) is 73.8 Å². The molecule has 0 aliphatic carbocycles. The summed E-state index contributed by atoms with van der Waals surface area (Å²) < 4.78 is 18.7. The van der Waals surface area contributed by atoms with E-state index in [0.717, 1.165) is 0 Å². The highest BCUT2D eigenvalue weighted by Gasteiger charge is 2.10. The maximum atomic E-state index is 13.6. The maximum Gasteiger partial charge on any atom is 0.255 e. The zero-order valence-electron chi connectivity index (χ0n) is 15.9. The molecule has 0 aromatic heterocycles. The lowest BCUT2D eigenvalue weighted by molar-refractivity contribution is 0.0952. The van der Waals surface area contributed by atoms with E-state index in [2.05, 4.69) is 10.6 Å². The average molecular weight is 392 g/mol. The van der Waals surface area contributed by atoms with E-state index in [9.17, 15) is 14.0 Å². The first-order chi connectivity index (χ1) is 14.1. The lowest BCUT2D eigenvalue weighted by Crippen LogP contribution is -2.26. The Morgan fingerprint density at radius 1 is 0.862 bits per heavy atom. The van der Waals surface area contributed by atoms with Crippen LogP contribution in [0.3, 0.4) is 0 Å². The van der Waals surface area contributed by atoms with Crippen molar-refractivity contribution in [2.45, 2.75) is 6.42 Å². The van der Waals surface area contributed by atoms with Crippen molar-refractivity contribution in [2.24, 2.45) is 0 Å². The molecule has 3 aromatic carbocycles. The predicted octanol–water partition coefficient (Wildman–Crippen LogP) is 4.06. The van der Waals surface area contributed by atoms with Crippen LogP contribution in [0.25, 0.3) is 0 Å². The minimum absolute atomic E-state index is 0.275. The number of halogens is 1. The van der Waals surface area contributed by atoms with E-state index in [-0.39, 0.29) is 17.6 Å². The molecule has 0 fully saturated rings. The summed E-state index contributed by atoms with van der Waals surface area (Å²) in [7, 11) is 1.57. The van der Waals surface area contributed by atoms with E-state index >= 15 is 0 Å². The summed E-state index contributed by atoms with van der Waals surface area (Å²) in [6.45, 7) is 0.319. The van der Waals surface area contributed by atoms with Crippen LogP contribution in [0.15, 0.2) is 72.8 Å². The second kappa shape index (κ2) is 9.50. The van der Waals surface area contributed by atoms with Crippen LogP contribution in [0.2, 0.25) is 0 Å². The first kappa shape index (κ1) is 20.1. The smallest absolute Gasteiger partial charge is 0.255 e. The van der Waals surface area contributed by atoms with Crippen LogP contribution < -0.4 is 15.4 Å². The van der Waals surface area contributed by atoms with Gasteiger partial charge in [-0.2, -0.15) is 0 Å². The molecule has 0 radical (unpaired) electrons. The van der Waals surface area contributed by atoms with Gasteiger partial charge in [0.05, 0.1) is 7.11 Å². The van der Waals surface area contributed by atoms with E-state index in [1.165, 1.54) is 6.07 Å². The van der Waals surface area contributed by atoms with Crippen LogP contribution in [-0.2, 0) is 6.42 Å². The fourth-order valence-corrected chi connectivity index (χ4v) is 2.76. The topological polar surface area (TPSA) is 67.4 Å². The number of methoxy groups -OCH3 is 1. The molecular weight excluding hydrogens is 371 g/mol. The highest BCUT2D eigenvalue weighted by molar-refractivity contribution is 6.05. The summed E-state index contributed by atoms with van der Waals surface area (Å²) in [5, 5.41) is 5.54. The number of hydrogen-bond acceptors (Lipinski definition) is 3. The van der Waals surface area contributed by atoms with E-state index < -0.39 is 0 Å². The van der Waals surface area contributed by atoms with Gasteiger partial charge in [-0.25, -0.2) is 4.39 Å². The van der Waals surface area contributed by atoms with Gasteiger partial charge in [0.1, 0.15) is 11.6 Å². The Morgan fingerprint density at radius 3 is 2.10 bits per heavy atom. The molecule has 0 aliphatic heterocycles. The Bertz CT molecular complexity index is 986. The van der Waals surface area contributed by atoms with Crippen molar-refractivity contribution < 1.29 is 18.7 Å². The third-order valence-electron chi connectivity index (χ3n) is 4.39. The number of anilines is 1. The molecule has 6 heteroatoms. The Labute approximate surface area is 168 Å². The Morgan fingerprint density at radius 2 is 1.48 bits per heavy atom. The van der Waals surface area contributed by atoms with Crippen LogP contribution in [0.1, 0.15) is 26.3 Å². The van der Waals surface area contributed by atoms with E-state index in [4.69, 9.17) is 4.74 Å². The Kier molecular flexibility index (Phi) is 6.58. The summed E-state index contributed by atoms with van der Waals surface area (Å²) in [6.07, 6.45) is 0.404. The highest BCUT2D eigenvalue weighted by Crippen LogP contribution is 2.16. The standard InChI is InChI=1S/C23H21FN2O3/c1-29-20-12-10-19(11-13-20)26-23(28)18-8-6-17(7-9-18)22(27)25-15-14-16-4-2-3-5-21(16)24/h2-13H,14-15H2,1H3,(H,25,27)(H,26,28). The fourth-order valence-electron chi connectivity index (χ4n) is 2.76. The number of carbonyl (C=O) groups excluding carboxylic acids is 2. The predicted molar refractivity (Wildman–Crippen MR) is 110 cm³/mol. The van der Waals surface area contributed by atoms with Gasteiger partial charge in [0.2, 0.25) is 0 Å². The van der Waals surface area contributed by atoms with Gasteiger partial charge in [-0.05, 0) is 66.6 Å². The molecule has 0 aliphatic rings. The third kappa shape index (κ3) is 5.42. The molecule has 0 bridgehead atoms. The number of nitrogens with one attached hydrogen (secondary N) is 2. The number of carbonyl (C=O) groups is 2. The largest absolute Gasteiger partial charge is 0.497 e. The van der Waals surface area contributed by atoms with Crippen LogP contribution in [0.4, 0.5) is 10.1 Å². The maximum absolute atomic E-state index is 13.6. The molecule has 0 saturated heterocycles. The van der Waals surface area contributed by atoms with Gasteiger partial charge in [-0.15, -0.1) is 0 Å². The second-order valence-electron chi connectivity index (χ2n) is 6.36. The van der Waals surface area contributed by atoms with Crippen LogP contribution in [0.5, 0.6) is 5.75 Å². The average Bonchev–Trinajstić information content (AvgIpc) is 2.75. The Balaban J connectivity index is 1.53. The minimum Gasteiger partial charge on any atom is -0.497 e. The molecule has 148 valence electrons. The third-order valence-corrected chi connectivity index (χ3v) is 4.39. The van der Waals surface area contributed by atoms with Crippen molar-refractivity contribution in [1.82, 2.24) is 5.32 Å². The fraction of sp³-hybridized carbons (Fsp3) is 0.130. The molecule has 3 rings (SSSR count). The zero-order chi connectivity index (χ0) is 20.6. The summed E-state index contributed by atoms with van der Waals surface area (Å²) in [4.78, 5) is 24.6. The second-order valence-corrected chi connectivity index (χ2v) is 6.36. The van der Waals surface area contributed by atoms with E-state index in [1.807, 2.05) is 0 Å². The first-order valence-electron chi connectivity index (χ1n) is 9.14. The van der Waals surface area contributed by atoms with Crippen molar-refractivity contribution in [3.8, 4) is 5.75 Å². The molecule has 0 heterocycles. The molecule has 29 heavy (non-hydrogen) atoms. The van der Waals surface area contributed by atoms with Crippen molar-refractivity contribution >= 4 is 17.5 Å². The quantitative estimate of drug-likeness (QED) is 0.637. The summed E-state index contributed by atoms with van der Waals surface area (Å²) in [5.74, 6) is -0.132. The van der Waals surface area contributed by atoms with Crippen molar-refractivity contribution in [2.75, 3.05) is 19.0 Å². The molecule has 2 N–H and O–H groups in total. The molecule has 0 saturated carbocycles. The number of hydrogen-bond donors (Lipinski definition) is 2. The summed E-state index contributed by atoms with van der Waals surface area (Å²) in [5.41, 5.74) is 2.06. The van der Waals surface area contributed by atoms with Crippen LogP contribution in [-0.4, -0.2) is 25.5 Å². The number of rotatable bonds is 7. The number of amides is 2. The molecule has 0 unspecified atom stereocenters. The normalized spacial score (nSPS) is 10.3. The van der Waals surface area contributed by atoms with Gasteiger partial charge in [0.25, 0.3) is 11.8 Å². The van der Waals surface area contributed by atoms with Gasteiger partial charge < -0.3 is 15.4 Å². The zero-order valence-corrected chi connectivity index (χ0v) is 15.9. The molecule has 2 amide bonds. The summed E-state index contributed by atoms with van der Waals surface area (Å²) >= 11 is 0. The summed E-state index contributed by atoms with van der Waals surface area (Å²) in [6, 6.07) is 19.8. The SMILES string of the molecule is COc1ccc(NC(=O)c2ccc(C(=O)NCCc3ccccc3F)cc2)cc1. The minimum atomic E-state index is -0.283. The van der Waals surface area contributed by atoms with Gasteiger partial charge >= 0.3 is 0 Å². The molecule has 3 aromatic rings. The molecule has 0 spiro atoms. The first-order valence-corrected chi connectivity index (χ1v) is 9.14. The molecular formula is C23H21FN2O3. The van der Waals surface area contributed by atoms with Crippen molar-refractivity contribution in [3.05, 3.63) is 95.3 Å². The van der Waals surface area contributed by atoms with Crippen LogP contribution >= 0.6 is 0 Å². The Hall–Kier alpha value is -3.67. The van der Waals surface area contributed by atoms with E-state index in [0.29, 0.717) is 41.1 Å². The highest BCUT2D eigenvalue weighted by atomic mass is 19.1. The van der Waals surface area contributed by atoms with Gasteiger partial charge in [0.15, 0.2) is 0 Å².